The average Bonchev–Trinajstić information content (AvgIpc) is 2.34. The first kappa shape index (κ1) is 12.7. The lowest BCUT2D eigenvalue weighted by Gasteiger charge is -2.08. The Morgan fingerprint density at radius 3 is 2.61 bits per heavy atom. The quantitative estimate of drug-likeness (QED) is 0.860. The largest absolute Gasteiger partial charge is 0.318 e. The Kier molecular flexibility index (Phi) is 3.74. The molecular weight excluding hydrogens is 275 g/mol. The van der Waals surface area contributed by atoms with Gasteiger partial charge in [-0.1, -0.05) is 23.2 Å². The van der Waals surface area contributed by atoms with Crippen LogP contribution in [0.25, 0.3) is 0 Å². The summed E-state index contributed by atoms with van der Waals surface area (Å²) >= 11 is 11.5. The minimum absolute atomic E-state index is 0.152. The summed E-state index contributed by atoms with van der Waals surface area (Å²) in [5, 5.41) is 3.09. The zero-order valence-corrected chi connectivity index (χ0v) is 10.8. The van der Waals surface area contributed by atoms with E-state index in [4.69, 9.17) is 23.2 Å². The molecule has 2 aromatic heterocycles. The van der Waals surface area contributed by atoms with Crippen molar-refractivity contribution in [2.24, 2.45) is 0 Å². The first-order valence-electron chi connectivity index (χ1n) is 4.98. The van der Waals surface area contributed by atoms with Crippen LogP contribution in [-0.4, -0.2) is 20.9 Å². The molecule has 0 aliphatic heterocycles. The number of aromatic nitrogens is 3. The molecule has 0 aliphatic rings. The van der Waals surface area contributed by atoms with Crippen LogP contribution in [0.15, 0.2) is 24.7 Å². The summed E-state index contributed by atoms with van der Waals surface area (Å²) < 4.78 is 0. The van der Waals surface area contributed by atoms with Gasteiger partial charge >= 0.3 is 0 Å². The van der Waals surface area contributed by atoms with E-state index in [-0.39, 0.29) is 16.0 Å². The van der Waals surface area contributed by atoms with Gasteiger partial charge in [-0.25, -0.2) is 15.0 Å². The number of nitrogens with zero attached hydrogens (tertiary/aromatic N) is 3. The number of rotatable bonds is 2. The van der Waals surface area contributed by atoms with Crippen LogP contribution >= 0.6 is 23.2 Å². The topological polar surface area (TPSA) is 67.8 Å². The van der Waals surface area contributed by atoms with E-state index in [0.717, 1.165) is 5.56 Å². The zero-order valence-electron chi connectivity index (χ0n) is 9.32. The third kappa shape index (κ3) is 2.75. The lowest BCUT2D eigenvalue weighted by molar-refractivity contribution is 0.102. The highest BCUT2D eigenvalue weighted by Gasteiger charge is 2.12. The van der Waals surface area contributed by atoms with Crippen LogP contribution in [0.4, 0.5) is 5.69 Å². The maximum absolute atomic E-state index is 11.9. The SMILES string of the molecule is Cc1ccnc(Cl)c1NC(=O)c1cnc(Cl)cn1. The summed E-state index contributed by atoms with van der Waals surface area (Å²) in [4.78, 5) is 23.4. The molecule has 92 valence electrons. The Morgan fingerprint density at radius 2 is 2.00 bits per heavy atom. The number of carbonyl (C=O) groups is 1. The lowest BCUT2D eigenvalue weighted by Crippen LogP contribution is -2.15. The monoisotopic (exact) mass is 282 g/mol. The van der Waals surface area contributed by atoms with Gasteiger partial charge in [-0.05, 0) is 18.6 Å². The number of amides is 1. The highest BCUT2D eigenvalue weighted by molar-refractivity contribution is 6.32. The molecule has 1 amide bonds. The summed E-state index contributed by atoms with van der Waals surface area (Å²) in [6, 6.07) is 1.75. The minimum Gasteiger partial charge on any atom is -0.318 e. The van der Waals surface area contributed by atoms with E-state index >= 15 is 0 Å². The van der Waals surface area contributed by atoms with Gasteiger partial charge in [-0.3, -0.25) is 4.79 Å². The van der Waals surface area contributed by atoms with E-state index in [1.165, 1.54) is 12.4 Å². The molecule has 2 aromatic rings. The first-order valence-corrected chi connectivity index (χ1v) is 5.73. The summed E-state index contributed by atoms with van der Waals surface area (Å²) in [6.07, 6.45) is 4.15. The second-order valence-corrected chi connectivity index (χ2v) is 4.22. The number of nitrogens with one attached hydrogen (secondary N) is 1. The van der Waals surface area contributed by atoms with Gasteiger partial charge < -0.3 is 5.32 Å². The van der Waals surface area contributed by atoms with Crippen molar-refractivity contribution in [3.05, 3.63) is 46.2 Å². The Balaban J connectivity index is 2.24. The normalized spacial score (nSPS) is 10.2. The standard InChI is InChI=1S/C11H8Cl2N4O/c1-6-2-3-14-10(13)9(6)17-11(18)7-4-16-8(12)5-15-7/h2-5H,1H3,(H,17,18). The lowest BCUT2D eigenvalue weighted by atomic mass is 10.2. The molecule has 0 spiro atoms. The summed E-state index contributed by atoms with van der Waals surface area (Å²) in [6.45, 7) is 1.82. The molecule has 2 heterocycles. The highest BCUT2D eigenvalue weighted by Crippen LogP contribution is 2.23. The molecule has 0 bridgehead atoms. The zero-order chi connectivity index (χ0) is 13.1. The molecule has 18 heavy (non-hydrogen) atoms. The van der Waals surface area contributed by atoms with Crippen molar-refractivity contribution in [3.63, 3.8) is 0 Å². The molecule has 7 heteroatoms. The molecule has 0 unspecified atom stereocenters. The Bertz CT molecular complexity index is 566. The second-order valence-electron chi connectivity index (χ2n) is 3.47. The van der Waals surface area contributed by atoms with Crippen LogP contribution < -0.4 is 5.32 Å². The predicted molar refractivity (Wildman–Crippen MR) is 69.0 cm³/mol. The Labute approximate surface area is 113 Å². The fourth-order valence-corrected chi connectivity index (χ4v) is 1.63. The summed E-state index contributed by atoms with van der Waals surface area (Å²) in [7, 11) is 0. The summed E-state index contributed by atoms with van der Waals surface area (Å²) in [5.41, 5.74) is 1.42. The fraction of sp³-hybridized carbons (Fsp3) is 0.0909. The maximum Gasteiger partial charge on any atom is 0.275 e. The van der Waals surface area contributed by atoms with Gasteiger partial charge in [0, 0.05) is 6.20 Å². The van der Waals surface area contributed by atoms with Crippen molar-refractivity contribution in [3.8, 4) is 0 Å². The number of hydrogen-bond acceptors (Lipinski definition) is 4. The minimum atomic E-state index is -0.419. The van der Waals surface area contributed by atoms with Crippen molar-refractivity contribution in [2.75, 3.05) is 5.32 Å². The molecule has 0 atom stereocenters. The maximum atomic E-state index is 11.9. The molecule has 0 saturated heterocycles. The van der Waals surface area contributed by atoms with Gasteiger partial charge in [0.15, 0.2) is 5.15 Å². The average molecular weight is 283 g/mol. The molecule has 0 aliphatic carbocycles. The van der Waals surface area contributed by atoms with Crippen molar-refractivity contribution in [1.29, 1.82) is 0 Å². The molecule has 2 rings (SSSR count). The Morgan fingerprint density at radius 1 is 1.22 bits per heavy atom. The molecule has 5 nitrogen and oxygen atoms in total. The number of aryl methyl sites for hydroxylation is 1. The van der Waals surface area contributed by atoms with Gasteiger partial charge in [0.05, 0.1) is 18.1 Å². The van der Waals surface area contributed by atoms with Gasteiger partial charge in [0.2, 0.25) is 0 Å². The molecule has 0 saturated carbocycles. The Hall–Kier alpha value is -1.72. The molecule has 0 aromatic carbocycles. The molecule has 0 radical (unpaired) electrons. The van der Waals surface area contributed by atoms with Crippen molar-refractivity contribution in [1.82, 2.24) is 15.0 Å². The van der Waals surface area contributed by atoms with Crippen LogP contribution in [0, 0.1) is 6.92 Å². The van der Waals surface area contributed by atoms with E-state index in [9.17, 15) is 4.79 Å². The third-order valence-electron chi connectivity index (χ3n) is 2.20. The van der Waals surface area contributed by atoms with E-state index in [1.807, 2.05) is 6.92 Å². The predicted octanol–water partition coefficient (Wildman–Crippen LogP) is 2.74. The van der Waals surface area contributed by atoms with E-state index < -0.39 is 5.91 Å². The van der Waals surface area contributed by atoms with Crippen LogP contribution in [0.1, 0.15) is 16.1 Å². The van der Waals surface area contributed by atoms with Crippen molar-refractivity contribution in [2.45, 2.75) is 6.92 Å². The molecule has 1 N–H and O–H groups in total. The third-order valence-corrected chi connectivity index (χ3v) is 2.69. The number of halogens is 2. The van der Waals surface area contributed by atoms with Gasteiger partial charge in [-0.15, -0.1) is 0 Å². The number of hydrogen-bond donors (Lipinski definition) is 1. The highest BCUT2D eigenvalue weighted by atomic mass is 35.5. The van der Waals surface area contributed by atoms with Crippen LogP contribution in [-0.2, 0) is 0 Å². The van der Waals surface area contributed by atoms with E-state index in [2.05, 4.69) is 20.3 Å². The van der Waals surface area contributed by atoms with Gasteiger partial charge in [0.25, 0.3) is 5.91 Å². The second kappa shape index (κ2) is 5.29. The van der Waals surface area contributed by atoms with Crippen molar-refractivity contribution >= 4 is 34.8 Å². The summed E-state index contributed by atoms with van der Waals surface area (Å²) in [5.74, 6) is -0.419. The van der Waals surface area contributed by atoms with Crippen LogP contribution in [0.2, 0.25) is 10.3 Å². The smallest absolute Gasteiger partial charge is 0.275 e. The van der Waals surface area contributed by atoms with Gasteiger partial charge in [-0.2, -0.15) is 0 Å². The number of pyridine rings is 1. The first-order chi connectivity index (χ1) is 8.58. The van der Waals surface area contributed by atoms with E-state index in [0.29, 0.717) is 5.69 Å². The van der Waals surface area contributed by atoms with Crippen LogP contribution in [0.3, 0.4) is 0 Å². The van der Waals surface area contributed by atoms with E-state index in [1.54, 1.807) is 12.3 Å². The molecular formula is C11H8Cl2N4O. The number of carbonyl (C=O) groups excluding carboxylic acids is 1. The van der Waals surface area contributed by atoms with Gasteiger partial charge in [0.1, 0.15) is 10.8 Å². The van der Waals surface area contributed by atoms with Crippen molar-refractivity contribution < 1.29 is 4.79 Å². The number of anilines is 1. The van der Waals surface area contributed by atoms with Crippen LogP contribution in [0.5, 0.6) is 0 Å². The fourth-order valence-electron chi connectivity index (χ4n) is 1.28. The molecule has 0 fully saturated rings.